The Morgan fingerprint density at radius 3 is 2.95 bits per heavy atom. The van der Waals surface area contributed by atoms with Crippen molar-refractivity contribution in [3.8, 4) is 5.88 Å². The highest BCUT2D eigenvalue weighted by Crippen LogP contribution is 2.21. The molecule has 0 bridgehead atoms. The third-order valence-corrected chi connectivity index (χ3v) is 2.87. The molecule has 0 amide bonds. The first kappa shape index (κ1) is 14.2. The second kappa shape index (κ2) is 5.84. The van der Waals surface area contributed by atoms with E-state index in [-0.39, 0.29) is 17.5 Å². The lowest BCUT2D eigenvalue weighted by Crippen LogP contribution is -2.35. The molecule has 5 heteroatoms. The van der Waals surface area contributed by atoms with E-state index < -0.39 is 0 Å². The van der Waals surface area contributed by atoms with Gasteiger partial charge in [0, 0.05) is 24.1 Å². The molecule has 0 saturated carbocycles. The van der Waals surface area contributed by atoms with Crippen LogP contribution in [0.3, 0.4) is 0 Å². The second-order valence-corrected chi connectivity index (χ2v) is 5.82. The quantitative estimate of drug-likeness (QED) is 0.909. The zero-order valence-corrected chi connectivity index (χ0v) is 11.7. The summed E-state index contributed by atoms with van der Waals surface area (Å²) in [6.45, 7) is 7.99. The van der Waals surface area contributed by atoms with Crippen LogP contribution in [-0.2, 0) is 11.3 Å². The third kappa shape index (κ3) is 4.44. The van der Waals surface area contributed by atoms with E-state index in [4.69, 9.17) is 9.47 Å². The molecule has 1 aromatic heterocycles. The number of hydrogen-bond donors (Lipinski definition) is 1. The minimum absolute atomic E-state index is 0.0198. The van der Waals surface area contributed by atoms with Crippen molar-refractivity contribution in [3.63, 3.8) is 0 Å². The van der Waals surface area contributed by atoms with E-state index in [0.717, 1.165) is 12.0 Å². The van der Waals surface area contributed by atoms with Crippen molar-refractivity contribution >= 4 is 0 Å². The van der Waals surface area contributed by atoms with Gasteiger partial charge in [0.25, 0.3) is 0 Å². The van der Waals surface area contributed by atoms with E-state index in [0.29, 0.717) is 25.6 Å². The van der Waals surface area contributed by atoms with E-state index in [1.165, 1.54) is 12.3 Å². The molecule has 19 heavy (non-hydrogen) atoms. The van der Waals surface area contributed by atoms with Crippen molar-refractivity contribution in [2.45, 2.75) is 45.4 Å². The molecule has 0 radical (unpaired) electrons. The van der Waals surface area contributed by atoms with E-state index >= 15 is 0 Å². The van der Waals surface area contributed by atoms with Gasteiger partial charge >= 0.3 is 0 Å². The van der Waals surface area contributed by atoms with Crippen LogP contribution >= 0.6 is 0 Å². The van der Waals surface area contributed by atoms with Gasteiger partial charge in [-0.2, -0.15) is 0 Å². The second-order valence-electron chi connectivity index (χ2n) is 5.82. The fraction of sp³-hybridized carbons (Fsp3) is 0.643. The lowest BCUT2D eigenvalue weighted by molar-refractivity contribution is 0.137. The van der Waals surface area contributed by atoms with Crippen molar-refractivity contribution < 1.29 is 13.9 Å². The summed E-state index contributed by atoms with van der Waals surface area (Å²) < 4.78 is 24.4. The molecule has 106 valence electrons. The molecule has 1 aliphatic heterocycles. The highest BCUT2D eigenvalue weighted by molar-refractivity contribution is 5.26. The van der Waals surface area contributed by atoms with Crippen LogP contribution in [-0.4, -0.2) is 29.8 Å². The zero-order chi connectivity index (χ0) is 13.9. The predicted octanol–water partition coefficient (Wildman–Crippen LogP) is 2.28. The van der Waals surface area contributed by atoms with Gasteiger partial charge in [-0.05, 0) is 26.8 Å². The molecule has 1 unspecified atom stereocenters. The van der Waals surface area contributed by atoms with E-state index in [9.17, 15) is 4.39 Å². The average Bonchev–Trinajstić information content (AvgIpc) is 2.81. The maximum atomic E-state index is 13.3. The van der Waals surface area contributed by atoms with E-state index in [1.807, 2.05) is 0 Å². The Bertz CT molecular complexity index is 426. The van der Waals surface area contributed by atoms with Gasteiger partial charge in [0.2, 0.25) is 5.88 Å². The summed E-state index contributed by atoms with van der Waals surface area (Å²) in [5.74, 6) is 0.148. The molecule has 1 saturated heterocycles. The summed E-state index contributed by atoms with van der Waals surface area (Å²) in [6.07, 6.45) is 2.06. The third-order valence-electron chi connectivity index (χ3n) is 2.87. The Morgan fingerprint density at radius 1 is 1.53 bits per heavy atom. The number of nitrogens with zero attached hydrogens (tertiary/aromatic N) is 1. The Balaban J connectivity index is 2.08. The Morgan fingerprint density at radius 2 is 2.32 bits per heavy atom. The van der Waals surface area contributed by atoms with Gasteiger partial charge in [0.05, 0.1) is 19.4 Å². The van der Waals surface area contributed by atoms with E-state index in [1.54, 1.807) is 0 Å². The monoisotopic (exact) mass is 268 g/mol. The first-order chi connectivity index (χ1) is 8.94. The van der Waals surface area contributed by atoms with Crippen molar-refractivity contribution in [3.05, 3.63) is 23.6 Å². The minimum atomic E-state index is -0.347. The number of pyridine rings is 1. The van der Waals surface area contributed by atoms with Crippen molar-refractivity contribution in [2.24, 2.45) is 0 Å². The van der Waals surface area contributed by atoms with Crippen molar-refractivity contribution in [2.75, 3.05) is 13.2 Å². The number of rotatable bonds is 4. The van der Waals surface area contributed by atoms with Gasteiger partial charge in [-0.25, -0.2) is 9.37 Å². The zero-order valence-electron chi connectivity index (χ0n) is 11.7. The van der Waals surface area contributed by atoms with Crippen LogP contribution in [0.25, 0.3) is 0 Å². The first-order valence-electron chi connectivity index (χ1n) is 6.58. The first-order valence-corrected chi connectivity index (χ1v) is 6.58. The summed E-state index contributed by atoms with van der Waals surface area (Å²) in [5.41, 5.74) is 0.696. The molecule has 4 nitrogen and oxygen atoms in total. The topological polar surface area (TPSA) is 43.4 Å². The smallest absolute Gasteiger partial charge is 0.218 e. The fourth-order valence-corrected chi connectivity index (χ4v) is 1.83. The highest BCUT2D eigenvalue weighted by atomic mass is 19.1. The molecule has 1 atom stereocenters. The van der Waals surface area contributed by atoms with Crippen LogP contribution in [0.4, 0.5) is 4.39 Å². The summed E-state index contributed by atoms with van der Waals surface area (Å²) >= 11 is 0. The maximum absolute atomic E-state index is 13.3. The average molecular weight is 268 g/mol. The van der Waals surface area contributed by atoms with Gasteiger partial charge in [-0.1, -0.05) is 0 Å². The fourth-order valence-electron chi connectivity index (χ4n) is 1.83. The Hall–Kier alpha value is -1.20. The number of nitrogens with one attached hydrogen (secondary N) is 1. The summed E-state index contributed by atoms with van der Waals surface area (Å²) in [5, 5.41) is 3.31. The molecule has 0 spiro atoms. The van der Waals surface area contributed by atoms with Crippen LogP contribution in [0.1, 0.15) is 32.8 Å². The van der Waals surface area contributed by atoms with Crippen molar-refractivity contribution in [1.82, 2.24) is 10.3 Å². The normalized spacial score (nSPS) is 19.7. The number of hydrogen-bond acceptors (Lipinski definition) is 4. The molecule has 1 aromatic rings. The maximum Gasteiger partial charge on any atom is 0.218 e. The van der Waals surface area contributed by atoms with Gasteiger partial charge in [0.15, 0.2) is 0 Å². The van der Waals surface area contributed by atoms with Gasteiger partial charge in [-0.15, -0.1) is 0 Å². The van der Waals surface area contributed by atoms with Crippen LogP contribution in [0, 0.1) is 5.82 Å². The standard InChI is InChI=1S/C14H21FN2O2/c1-14(2,3)17-7-10-6-11(15)8-16-13(10)19-12-4-5-18-9-12/h6,8,12,17H,4-5,7,9H2,1-3H3. The minimum Gasteiger partial charge on any atom is -0.472 e. The van der Waals surface area contributed by atoms with Gasteiger partial charge in [-0.3, -0.25) is 0 Å². The van der Waals surface area contributed by atoms with Crippen LogP contribution < -0.4 is 10.1 Å². The van der Waals surface area contributed by atoms with E-state index in [2.05, 4.69) is 31.1 Å². The molecule has 2 heterocycles. The lowest BCUT2D eigenvalue weighted by atomic mass is 10.1. The van der Waals surface area contributed by atoms with Crippen molar-refractivity contribution in [1.29, 1.82) is 0 Å². The molecular formula is C14H21FN2O2. The molecule has 1 aliphatic rings. The molecule has 0 aliphatic carbocycles. The molecule has 1 N–H and O–H groups in total. The van der Waals surface area contributed by atoms with Gasteiger partial charge < -0.3 is 14.8 Å². The SMILES string of the molecule is CC(C)(C)NCc1cc(F)cnc1OC1CCOC1. The molecule has 1 fully saturated rings. The van der Waals surface area contributed by atoms with Crippen LogP contribution in [0.5, 0.6) is 5.88 Å². The molecule has 2 rings (SSSR count). The van der Waals surface area contributed by atoms with Gasteiger partial charge in [0.1, 0.15) is 11.9 Å². The predicted molar refractivity (Wildman–Crippen MR) is 70.6 cm³/mol. The van der Waals surface area contributed by atoms with Crippen LogP contribution in [0.15, 0.2) is 12.3 Å². The summed E-state index contributed by atoms with van der Waals surface area (Å²) in [6, 6.07) is 1.47. The lowest BCUT2D eigenvalue weighted by Gasteiger charge is -2.22. The Labute approximate surface area is 113 Å². The molecule has 0 aromatic carbocycles. The number of aromatic nitrogens is 1. The number of ether oxygens (including phenoxy) is 2. The molecular weight excluding hydrogens is 247 g/mol. The number of halogens is 1. The Kier molecular flexibility index (Phi) is 4.37. The summed E-state index contributed by atoms with van der Waals surface area (Å²) in [7, 11) is 0. The summed E-state index contributed by atoms with van der Waals surface area (Å²) in [4.78, 5) is 4.05. The highest BCUT2D eigenvalue weighted by Gasteiger charge is 2.20. The largest absolute Gasteiger partial charge is 0.472 e. The van der Waals surface area contributed by atoms with Crippen LogP contribution in [0.2, 0.25) is 0 Å².